The lowest BCUT2D eigenvalue weighted by Crippen LogP contribution is -2.32. The van der Waals surface area contributed by atoms with Crippen LogP contribution in [0, 0.1) is 5.92 Å². The Bertz CT molecular complexity index is 197. The smallest absolute Gasteiger partial charge is 0.304 e. The molecule has 2 N–H and O–H groups in total. The lowest BCUT2D eigenvalue weighted by atomic mass is 10.2. The van der Waals surface area contributed by atoms with E-state index in [1.807, 2.05) is 18.7 Å². The zero-order chi connectivity index (χ0) is 11.8. The summed E-state index contributed by atoms with van der Waals surface area (Å²) < 4.78 is 0. The van der Waals surface area contributed by atoms with Gasteiger partial charge in [0.15, 0.2) is 0 Å². The van der Waals surface area contributed by atoms with Gasteiger partial charge in [0.2, 0.25) is 0 Å². The van der Waals surface area contributed by atoms with Gasteiger partial charge in [-0.2, -0.15) is 0 Å². The molecule has 5 heteroatoms. The van der Waals surface area contributed by atoms with Crippen molar-refractivity contribution in [3.63, 3.8) is 0 Å². The summed E-state index contributed by atoms with van der Waals surface area (Å²) in [5.74, 6) is -1.29. The number of hydrogen-bond acceptors (Lipinski definition) is 3. The Hall–Kier alpha value is -1.10. The van der Waals surface area contributed by atoms with Crippen LogP contribution in [0.15, 0.2) is 0 Å². The molecule has 0 rings (SSSR count). The maximum Gasteiger partial charge on any atom is 0.304 e. The second kappa shape index (κ2) is 7.23. The summed E-state index contributed by atoms with van der Waals surface area (Å²) in [5, 5.41) is 17.1. The molecular formula is C10H19NO4. The van der Waals surface area contributed by atoms with Crippen LogP contribution >= 0.6 is 0 Å². The lowest BCUT2D eigenvalue weighted by molar-refractivity contribution is -0.137. The van der Waals surface area contributed by atoms with E-state index in [0.29, 0.717) is 19.0 Å². The van der Waals surface area contributed by atoms with E-state index in [1.54, 1.807) is 0 Å². The third kappa shape index (κ3) is 9.21. The highest BCUT2D eigenvalue weighted by atomic mass is 16.4. The monoisotopic (exact) mass is 217 g/mol. The number of rotatable bonds is 8. The number of hydrogen-bond donors (Lipinski definition) is 2. The molecule has 0 aliphatic heterocycles. The minimum absolute atomic E-state index is 0.0618. The van der Waals surface area contributed by atoms with Crippen LogP contribution in [0.4, 0.5) is 0 Å². The van der Waals surface area contributed by atoms with Gasteiger partial charge >= 0.3 is 11.9 Å². The van der Waals surface area contributed by atoms with Crippen LogP contribution in [0.5, 0.6) is 0 Å². The largest absolute Gasteiger partial charge is 0.481 e. The van der Waals surface area contributed by atoms with Gasteiger partial charge in [-0.15, -0.1) is 0 Å². The van der Waals surface area contributed by atoms with Gasteiger partial charge in [-0.05, 0) is 5.92 Å². The molecule has 0 spiro atoms. The fourth-order valence-corrected chi connectivity index (χ4v) is 1.32. The van der Waals surface area contributed by atoms with E-state index in [1.165, 1.54) is 0 Å². The highest BCUT2D eigenvalue weighted by molar-refractivity contribution is 5.67. The van der Waals surface area contributed by atoms with Crippen LogP contribution in [0.1, 0.15) is 26.7 Å². The van der Waals surface area contributed by atoms with Crippen molar-refractivity contribution in [3.8, 4) is 0 Å². The predicted molar refractivity (Wildman–Crippen MR) is 55.8 cm³/mol. The number of carbonyl (C=O) groups is 2. The van der Waals surface area contributed by atoms with Crippen LogP contribution in [-0.4, -0.2) is 46.7 Å². The van der Waals surface area contributed by atoms with Crippen molar-refractivity contribution >= 4 is 11.9 Å². The Morgan fingerprint density at radius 2 is 1.47 bits per heavy atom. The Labute approximate surface area is 89.7 Å². The van der Waals surface area contributed by atoms with Crippen molar-refractivity contribution in [1.29, 1.82) is 0 Å². The summed E-state index contributed by atoms with van der Waals surface area (Å²) in [7, 11) is 0. The van der Waals surface area contributed by atoms with Gasteiger partial charge < -0.3 is 15.1 Å². The van der Waals surface area contributed by atoms with Crippen molar-refractivity contribution in [2.45, 2.75) is 26.7 Å². The molecular weight excluding hydrogens is 198 g/mol. The van der Waals surface area contributed by atoms with Crippen molar-refractivity contribution in [2.75, 3.05) is 19.6 Å². The van der Waals surface area contributed by atoms with Crippen LogP contribution < -0.4 is 0 Å². The second-order valence-electron chi connectivity index (χ2n) is 3.98. The Balaban J connectivity index is 3.94. The first-order valence-electron chi connectivity index (χ1n) is 5.07. The average Bonchev–Trinajstić information content (AvgIpc) is 2.08. The summed E-state index contributed by atoms with van der Waals surface area (Å²) in [6.07, 6.45) is 0.124. The van der Waals surface area contributed by atoms with Crippen LogP contribution in [0.3, 0.4) is 0 Å². The fourth-order valence-electron chi connectivity index (χ4n) is 1.32. The summed E-state index contributed by atoms with van der Waals surface area (Å²) in [6.45, 7) is 5.62. The molecule has 0 saturated carbocycles. The topological polar surface area (TPSA) is 77.8 Å². The molecule has 0 atom stereocenters. The van der Waals surface area contributed by atoms with E-state index in [-0.39, 0.29) is 12.8 Å². The molecule has 15 heavy (non-hydrogen) atoms. The molecule has 5 nitrogen and oxygen atoms in total. The highest BCUT2D eigenvalue weighted by Gasteiger charge is 2.10. The van der Waals surface area contributed by atoms with E-state index < -0.39 is 11.9 Å². The third-order valence-corrected chi connectivity index (χ3v) is 1.91. The quantitative estimate of drug-likeness (QED) is 0.631. The number of carboxylic acid groups (broad SMARTS) is 2. The van der Waals surface area contributed by atoms with Crippen LogP contribution in [0.2, 0.25) is 0 Å². The van der Waals surface area contributed by atoms with E-state index in [2.05, 4.69) is 0 Å². The van der Waals surface area contributed by atoms with Gasteiger partial charge in [-0.3, -0.25) is 9.59 Å². The van der Waals surface area contributed by atoms with Gasteiger partial charge in [-0.25, -0.2) is 0 Å². The lowest BCUT2D eigenvalue weighted by Gasteiger charge is -2.22. The normalized spacial score (nSPS) is 10.9. The van der Waals surface area contributed by atoms with Gasteiger partial charge in [0.05, 0.1) is 12.8 Å². The minimum Gasteiger partial charge on any atom is -0.481 e. The first kappa shape index (κ1) is 13.9. The standard InChI is InChI=1S/C10H19NO4/c1-8(2)7-11(5-3-9(12)13)6-4-10(14)15/h8H,3-7H2,1-2H3,(H,12,13)(H,14,15). The SMILES string of the molecule is CC(C)CN(CCC(=O)O)CCC(=O)O. The minimum atomic E-state index is -0.848. The number of aliphatic carboxylic acids is 2. The first-order valence-corrected chi connectivity index (χ1v) is 5.07. The van der Waals surface area contributed by atoms with E-state index in [9.17, 15) is 9.59 Å². The maximum absolute atomic E-state index is 10.4. The zero-order valence-electron chi connectivity index (χ0n) is 9.27. The van der Waals surface area contributed by atoms with Crippen molar-refractivity contribution < 1.29 is 19.8 Å². The molecule has 0 aliphatic carbocycles. The summed E-state index contributed by atoms with van der Waals surface area (Å²) in [5.41, 5.74) is 0. The molecule has 0 aromatic rings. The van der Waals surface area contributed by atoms with Gasteiger partial charge in [0.1, 0.15) is 0 Å². The Morgan fingerprint density at radius 3 is 1.73 bits per heavy atom. The third-order valence-electron chi connectivity index (χ3n) is 1.91. The molecule has 0 aliphatic rings. The highest BCUT2D eigenvalue weighted by Crippen LogP contribution is 2.01. The molecule has 0 bridgehead atoms. The van der Waals surface area contributed by atoms with E-state index in [4.69, 9.17) is 10.2 Å². The number of nitrogens with zero attached hydrogens (tertiary/aromatic N) is 1. The molecule has 0 radical (unpaired) electrons. The number of carboxylic acids is 2. The summed E-state index contributed by atoms with van der Waals surface area (Å²) in [4.78, 5) is 22.7. The van der Waals surface area contributed by atoms with E-state index >= 15 is 0 Å². The van der Waals surface area contributed by atoms with Crippen molar-refractivity contribution in [1.82, 2.24) is 4.90 Å². The molecule has 0 aromatic carbocycles. The maximum atomic E-state index is 10.4. The predicted octanol–water partition coefficient (Wildman–Crippen LogP) is 0.894. The van der Waals surface area contributed by atoms with Gasteiger partial charge in [0, 0.05) is 19.6 Å². The fraction of sp³-hybridized carbons (Fsp3) is 0.800. The molecule has 0 fully saturated rings. The molecule has 88 valence electrons. The molecule has 0 saturated heterocycles. The van der Waals surface area contributed by atoms with Crippen molar-refractivity contribution in [3.05, 3.63) is 0 Å². The molecule has 0 amide bonds. The van der Waals surface area contributed by atoms with Crippen LogP contribution in [-0.2, 0) is 9.59 Å². The molecule has 0 unspecified atom stereocenters. The van der Waals surface area contributed by atoms with Crippen molar-refractivity contribution in [2.24, 2.45) is 5.92 Å². The summed E-state index contributed by atoms with van der Waals surface area (Å²) in [6, 6.07) is 0. The molecule has 0 aromatic heterocycles. The Kier molecular flexibility index (Phi) is 6.70. The van der Waals surface area contributed by atoms with Crippen LogP contribution in [0.25, 0.3) is 0 Å². The zero-order valence-corrected chi connectivity index (χ0v) is 9.27. The van der Waals surface area contributed by atoms with Gasteiger partial charge in [-0.1, -0.05) is 13.8 Å². The molecule has 0 heterocycles. The average molecular weight is 217 g/mol. The van der Waals surface area contributed by atoms with Gasteiger partial charge in [0.25, 0.3) is 0 Å². The summed E-state index contributed by atoms with van der Waals surface area (Å²) >= 11 is 0. The van der Waals surface area contributed by atoms with E-state index in [0.717, 1.165) is 6.54 Å². The first-order chi connectivity index (χ1) is 6.91. The Morgan fingerprint density at radius 1 is 1.07 bits per heavy atom. The second-order valence-corrected chi connectivity index (χ2v) is 3.98.